The molecule has 0 aliphatic carbocycles. The first-order chi connectivity index (χ1) is 19.9. The van der Waals surface area contributed by atoms with Crippen LogP contribution < -0.4 is 20.4 Å². The summed E-state index contributed by atoms with van der Waals surface area (Å²) in [5, 5.41) is 5.02. The van der Waals surface area contributed by atoms with Crippen LogP contribution in [0.25, 0.3) is 11.1 Å². The number of halogens is 4. The zero-order valence-corrected chi connectivity index (χ0v) is 23.7. The van der Waals surface area contributed by atoms with E-state index in [0.717, 1.165) is 6.42 Å². The summed E-state index contributed by atoms with van der Waals surface area (Å²) in [6.07, 6.45) is -1.77. The third kappa shape index (κ3) is 6.28. The van der Waals surface area contributed by atoms with Gasteiger partial charge in [0, 0.05) is 75.8 Å². The number of alkyl halides is 3. The van der Waals surface area contributed by atoms with Gasteiger partial charge in [0.25, 0.3) is 0 Å². The molecule has 3 saturated heterocycles. The molecule has 4 heterocycles. The fourth-order valence-corrected chi connectivity index (χ4v) is 5.67. The van der Waals surface area contributed by atoms with Crippen molar-refractivity contribution in [2.45, 2.75) is 38.0 Å². The predicted molar refractivity (Wildman–Crippen MR) is 149 cm³/mol. The number of amides is 2. The number of ether oxygens (including phenoxy) is 1. The van der Waals surface area contributed by atoms with E-state index < -0.39 is 48.6 Å². The molecule has 3 aliphatic rings. The van der Waals surface area contributed by atoms with Crippen molar-refractivity contribution >= 4 is 29.1 Å². The molecular formula is C28H35F4N7O3. The van der Waals surface area contributed by atoms with Gasteiger partial charge in [-0.2, -0.15) is 13.2 Å². The molecule has 0 spiro atoms. The number of rotatable bonds is 6. The Morgan fingerprint density at radius 3 is 2.60 bits per heavy atom. The van der Waals surface area contributed by atoms with Gasteiger partial charge in [-0.1, -0.05) is 0 Å². The van der Waals surface area contributed by atoms with E-state index in [1.807, 2.05) is 30.8 Å². The van der Waals surface area contributed by atoms with Gasteiger partial charge < -0.3 is 30.1 Å². The zero-order valence-electron chi connectivity index (χ0n) is 23.7. The fraction of sp³-hybridized carbons (Fsp3) is 0.571. The Labute approximate surface area is 241 Å². The Morgan fingerprint density at radius 1 is 1.21 bits per heavy atom. The number of aromatic nitrogens is 2. The van der Waals surface area contributed by atoms with Crippen LogP contribution in [0.2, 0.25) is 0 Å². The second-order valence-electron chi connectivity index (χ2n) is 11.3. The Hall–Kier alpha value is -3.52. The minimum atomic E-state index is -4.74. The highest BCUT2D eigenvalue weighted by Gasteiger charge is 2.50. The lowest BCUT2D eigenvalue weighted by Crippen LogP contribution is -2.51. The van der Waals surface area contributed by atoms with E-state index in [0.29, 0.717) is 50.0 Å². The standard InChI is InChI=1S/C28H35F4N7O3/c1-16-14-39(6-5-37(16)2)24-10-22(29)19(17-11-34-27(35-12-17)38(3)18-4-7-42-15-18)8-23(24)36-26(41)20-13-33-25(40)9-21(20)28(30,31)32/h8,10-12,16,18,20-21H,4-7,9,13-15H2,1-3H3,(H,33,40)(H,36,41)/t16-,18-,20?,21?/m0/s1. The molecule has 5 rings (SSSR count). The van der Waals surface area contributed by atoms with Crippen LogP contribution in [0.4, 0.5) is 34.9 Å². The fourth-order valence-electron chi connectivity index (χ4n) is 5.67. The molecule has 2 amide bonds. The molecule has 42 heavy (non-hydrogen) atoms. The van der Waals surface area contributed by atoms with E-state index in [-0.39, 0.29) is 23.3 Å². The lowest BCUT2D eigenvalue weighted by Gasteiger charge is -2.40. The van der Waals surface area contributed by atoms with Crippen LogP contribution in [0, 0.1) is 17.7 Å². The van der Waals surface area contributed by atoms with Crippen LogP contribution in [0.1, 0.15) is 19.8 Å². The highest BCUT2D eigenvalue weighted by atomic mass is 19.4. The molecule has 0 bridgehead atoms. The predicted octanol–water partition coefficient (Wildman–Crippen LogP) is 2.90. The summed E-state index contributed by atoms with van der Waals surface area (Å²) in [4.78, 5) is 39.8. The molecule has 0 radical (unpaired) electrons. The van der Waals surface area contributed by atoms with E-state index in [1.165, 1.54) is 24.5 Å². The minimum absolute atomic E-state index is 0.0962. The number of nitrogens with zero attached hydrogens (tertiary/aromatic N) is 5. The summed E-state index contributed by atoms with van der Waals surface area (Å²) in [5.74, 6) is -5.45. The summed E-state index contributed by atoms with van der Waals surface area (Å²) in [6.45, 7) is 4.52. The van der Waals surface area contributed by atoms with E-state index >= 15 is 4.39 Å². The molecular weight excluding hydrogens is 558 g/mol. The first-order valence-corrected chi connectivity index (χ1v) is 14.0. The normalized spacial score (nSPS) is 25.3. The number of hydrogen-bond donors (Lipinski definition) is 2. The van der Waals surface area contributed by atoms with Gasteiger partial charge in [-0.15, -0.1) is 0 Å². The lowest BCUT2D eigenvalue weighted by atomic mass is 9.84. The van der Waals surface area contributed by atoms with Crippen molar-refractivity contribution in [2.24, 2.45) is 11.8 Å². The molecule has 2 aromatic rings. The number of likely N-dealkylation sites (N-methyl/N-ethyl adjacent to an activating group) is 2. The monoisotopic (exact) mass is 593 g/mol. The van der Waals surface area contributed by atoms with Crippen LogP contribution in [-0.2, 0) is 14.3 Å². The molecule has 14 heteroatoms. The summed E-state index contributed by atoms with van der Waals surface area (Å²) in [6, 6.07) is 2.96. The molecule has 1 aromatic heterocycles. The van der Waals surface area contributed by atoms with Crippen molar-refractivity contribution in [3.63, 3.8) is 0 Å². The number of nitrogens with one attached hydrogen (secondary N) is 2. The first kappa shape index (κ1) is 30.0. The second kappa shape index (κ2) is 12.0. The van der Waals surface area contributed by atoms with Gasteiger partial charge in [-0.3, -0.25) is 9.59 Å². The smallest absolute Gasteiger partial charge is 0.379 e. The number of piperidine rings is 1. The maximum atomic E-state index is 15.7. The van der Waals surface area contributed by atoms with Crippen LogP contribution in [0.3, 0.4) is 0 Å². The maximum Gasteiger partial charge on any atom is 0.393 e. The Balaban J connectivity index is 1.47. The van der Waals surface area contributed by atoms with Crippen LogP contribution >= 0.6 is 0 Å². The highest BCUT2D eigenvalue weighted by molar-refractivity contribution is 5.98. The average Bonchev–Trinajstić information content (AvgIpc) is 3.50. The number of anilines is 3. The summed E-state index contributed by atoms with van der Waals surface area (Å²) in [7, 11) is 3.83. The van der Waals surface area contributed by atoms with Crippen molar-refractivity contribution in [3.05, 3.63) is 30.3 Å². The highest BCUT2D eigenvalue weighted by Crippen LogP contribution is 2.39. The van der Waals surface area contributed by atoms with E-state index in [4.69, 9.17) is 4.74 Å². The molecule has 0 saturated carbocycles. The van der Waals surface area contributed by atoms with Crippen molar-refractivity contribution in [3.8, 4) is 11.1 Å². The minimum Gasteiger partial charge on any atom is -0.379 e. The maximum absolute atomic E-state index is 15.7. The van der Waals surface area contributed by atoms with Crippen LogP contribution in [-0.4, -0.2) is 98.4 Å². The van der Waals surface area contributed by atoms with Gasteiger partial charge >= 0.3 is 6.18 Å². The third-order valence-electron chi connectivity index (χ3n) is 8.53. The molecule has 1 aromatic carbocycles. The first-order valence-electron chi connectivity index (χ1n) is 14.0. The van der Waals surface area contributed by atoms with Crippen molar-refractivity contribution in [1.82, 2.24) is 20.2 Å². The third-order valence-corrected chi connectivity index (χ3v) is 8.53. The number of carbonyl (C=O) groups excluding carboxylic acids is 2. The Morgan fingerprint density at radius 2 is 1.95 bits per heavy atom. The zero-order chi connectivity index (χ0) is 30.2. The van der Waals surface area contributed by atoms with Crippen molar-refractivity contribution < 1.29 is 31.9 Å². The number of carbonyl (C=O) groups is 2. The van der Waals surface area contributed by atoms with E-state index in [1.54, 1.807) is 0 Å². The van der Waals surface area contributed by atoms with Gasteiger partial charge in [0.05, 0.1) is 35.9 Å². The molecule has 3 aliphatic heterocycles. The van der Waals surface area contributed by atoms with Gasteiger partial charge in [0.2, 0.25) is 17.8 Å². The summed E-state index contributed by atoms with van der Waals surface area (Å²) in [5.41, 5.74) is 0.986. The van der Waals surface area contributed by atoms with Crippen molar-refractivity contribution in [1.29, 1.82) is 0 Å². The topological polar surface area (TPSA) is 103 Å². The number of benzene rings is 1. The largest absolute Gasteiger partial charge is 0.393 e. The van der Waals surface area contributed by atoms with E-state index in [2.05, 4.69) is 25.5 Å². The Kier molecular flexibility index (Phi) is 8.56. The molecule has 228 valence electrons. The number of piperazine rings is 1. The van der Waals surface area contributed by atoms with E-state index in [9.17, 15) is 22.8 Å². The van der Waals surface area contributed by atoms with Gasteiger partial charge in [-0.25, -0.2) is 14.4 Å². The molecule has 4 atom stereocenters. The summed E-state index contributed by atoms with van der Waals surface area (Å²) >= 11 is 0. The number of hydrogen-bond acceptors (Lipinski definition) is 8. The van der Waals surface area contributed by atoms with Crippen LogP contribution in [0.5, 0.6) is 0 Å². The Bertz CT molecular complexity index is 1300. The second-order valence-corrected chi connectivity index (χ2v) is 11.3. The van der Waals surface area contributed by atoms with Crippen molar-refractivity contribution in [2.75, 3.05) is 68.6 Å². The molecule has 2 unspecified atom stereocenters. The van der Waals surface area contributed by atoms with Gasteiger partial charge in [0.1, 0.15) is 5.82 Å². The SMILES string of the molecule is C[C@H]1CN(c2cc(F)c(-c3cnc(N(C)[C@H]4CCOC4)nc3)cc2NC(=O)C2CNC(=O)CC2C(F)(F)F)CCN1C. The van der Waals surface area contributed by atoms with Crippen LogP contribution in [0.15, 0.2) is 24.5 Å². The lowest BCUT2D eigenvalue weighted by molar-refractivity contribution is -0.197. The van der Waals surface area contributed by atoms with Gasteiger partial charge in [0.15, 0.2) is 0 Å². The molecule has 2 N–H and O–H groups in total. The van der Waals surface area contributed by atoms with Gasteiger partial charge in [-0.05, 0) is 32.5 Å². The quantitative estimate of drug-likeness (QED) is 0.494. The molecule has 3 fully saturated rings. The average molecular weight is 594 g/mol. The summed E-state index contributed by atoms with van der Waals surface area (Å²) < 4.78 is 62.5. The molecule has 10 nitrogen and oxygen atoms in total.